The summed E-state index contributed by atoms with van der Waals surface area (Å²) in [6.45, 7) is 2.06. The van der Waals surface area contributed by atoms with Crippen LogP contribution in [0.2, 0.25) is 0 Å². The molecule has 1 aromatic carbocycles. The fraction of sp³-hybridized carbons (Fsp3) is 0.500. The van der Waals surface area contributed by atoms with Crippen molar-refractivity contribution in [3.05, 3.63) is 33.8 Å². The van der Waals surface area contributed by atoms with E-state index in [1.165, 1.54) is 18.4 Å². The van der Waals surface area contributed by atoms with Crippen LogP contribution >= 0.6 is 15.9 Å². The van der Waals surface area contributed by atoms with E-state index < -0.39 is 0 Å². The summed E-state index contributed by atoms with van der Waals surface area (Å²) in [6.07, 6.45) is 3.24. The van der Waals surface area contributed by atoms with Gasteiger partial charge in [0.1, 0.15) is 0 Å². The van der Waals surface area contributed by atoms with Gasteiger partial charge in [0.2, 0.25) is 0 Å². The minimum atomic E-state index is -0.278. The fourth-order valence-electron chi connectivity index (χ4n) is 1.62. The summed E-state index contributed by atoms with van der Waals surface area (Å²) in [6, 6.07) is 6.10. The number of aryl methyl sites for hydroxylation is 1. The summed E-state index contributed by atoms with van der Waals surface area (Å²) in [5, 5.41) is 9.93. The first-order chi connectivity index (χ1) is 6.66. The van der Waals surface area contributed by atoms with Crippen LogP contribution in [-0.2, 0) is 0 Å². The van der Waals surface area contributed by atoms with E-state index in [2.05, 4.69) is 28.9 Å². The second-order valence-electron chi connectivity index (χ2n) is 4.20. The van der Waals surface area contributed by atoms with Crippen molar-refractivity contribution in [2.45, 2.75) is 32.3 Å². The fourth-order valence-corrected chi connectivity index (χ4v) is 2.02. The van der Waals surface area contributed by atoms with E-state index in [-0.39, 0.29) is 6.10 Å². The molecule has 1 fully saturated rings. The van der Waals surface area contributed by atoms with E-state index in [0.29, 0.717) is 0 Å². The third-order valence-corrected chi connectivity index (χ3v) is 3.69. The number of aliphatic hydroxyl groups excluding tert-OH is 1. The normalized spacial score (nSPS) is 18.2. The Morgan fingerprint density at radius 1 is 1.50 bits per heavy atom. The predicted octanol–water partition coefficient (Wildman–Crippen LogP) is 3.59. The Morgan fingerprint density at radius 2 is 2.21 bits per heavy atom. The van der Waals surface area contributed by atoms with Crippen molar-refractivity contribution in [3.63, 3.8) is 0 Å². The molecule has 0 amide bonds. The highest BCUT2D eigenvalue weighted by Gasteiger charge is 2.25. The lowest BCUT2D eigenvalue weighted by molar-refractivity contribution is 0.160. The zero-order valence-corrected chi connectivity index (χ0v) is 9.92. The van der Waals surface area contributed by atoms with Crippen molar-refractivity contribution in [1.82, 2.24) is 0 Å². The second-order valence-corrected chi connectivity index (χ2v) is 5.06. The van der Waals surface area contributed by atoms with E-state index in [4.69, 9.17) is 0 Å². The van der Waals surface area contributed by atoms with Crippen LogP contribution in [0.3, 0.4) is 0 Å². The maximum atomic E-state index is 9.93. The first kappa shape index (κ1) is 10.2. The van der Waals surface area contributed by atoms with Crippen LogP contribution in [0.5, 0.6) is 0 Å². The van der Waals surface area contributed by atoms with E-state index >= 15 is 0 Å². The molecular weight excluding hydrogens is 240 g/mol. The zero-order chi connectivity index (χ0) is 10.1. The van der Waals surface area contributed by atoms with E-state index in [1.807, 2.05) is 12.1 Å². The second kappa shape index (κ2) is 4.03. The molecule has 1 atom stereocenters. The average Bonchev–Trinajstić information content (AvgIpc) is 2.93. The molecule has 1 aliphatic carbocycles. The topological polar surface area (TPSA) is 20.2 Å². The van der Waals surface area contributed by atoms with E-state index in [9.17, 15) is 5.11 Å². The first-order valence-electron chi connectivity index (χ1n) is 5.11. The van der Waals surface area contributed by atoms with Gasteiger partial charge in [-0.25, -0.2) is 0 Å². The van der Waals surface area contributed by atoms with Crippen molar-refractivity contribution < 1.29 is 5.11 Å². The zero-order valence-electron chi connectivity index (χ0n) is 8.33. The van der Waals surface area contributed by atoms with Crippen LogP contribution in [0.1, 0.15) is 36.5 Å². The number of benzene rings is 1. The van der Waals surface area contributed by atoms with Gasteiger partial charge in [0.25, 0.3) is 0 Å². The van der Waals surface area contributed by atoms with Crippen LogP contribution in [0.4, 0.5) is 0 Å². The van der Waals surface area contributed by atoms with Gasteiger partial charge in [0, 0.05) is 4.47 Å². The molecule has 14 heavy (non-hydrogen) atoms. The molecule has 1 aromatic rings. The van der Waals surface area contributed by atoms with Gasteiger partial charge in [-0.05, 0) is 36.5 Å². The summed E-state index contributed by atoms with van der Waals surface area (Å²) in [4.78, 5) is 0. The van der Waals surface area contributed by atoms with Crippen LogP contribution in [0.25, 0.3) is 0 Å². The van der Waals surface area contributed by atoms with Crippen LogP contribution in [0, 0.1) is 12.8 Å². The number of rotatable bonds is 3. The average molecular weight is 255 g/mol. The smallest absolute Gasteiger partial charge is 0.0793 e. The highest BCUT2D eigenvalue weighted by Crippen LogP contribution is 2.38. The van der Waals surface area contributed by atoms with Crippen molar-refractivity contribution in [2.24, 2.45) is 5.92 Å². The van der Waals surface area contributed by atoms with Gasteiger partial charge in [-0.1, -0.05) is 40.9 Å². The highest BCUT2D eigenvalue weighted by atomic mass is 79.9. The Hall–Kier alpha value is -0.340. The minimum Gasteiger partial charge on any atom is -0.388 e. The lowest BCUT2D eigenvalue weighted by Gasteiger charge is -2.11. The van der Waals surface area contributed by atoms with Gasteiger partial charge in [0.05, 0.1) is 6.10 Å². The molecule has 0 spiro atoms. The summed E-state index contributed by atoms with van der Waals surface area (Å²) in [7, 11) is 0. The minimum absolute atomic E-state index is 0.278. The molecule has 0 aliphatic heterocycles. The van der Waals surface area contributed by atoms with Gasteiger partial charge in [-0.3, -0.25) is 0 Å². The number of hydrogen-bond acceptors (Lipinski definition) is 1. The molecule has 2 rings (SSSR count). The van der Waals surface area contributed by atoms with Gasteiger partial charge in [0.15, 0.2) is 0 Å². The lowest BCUT2D eigenvalue weighted by atomic mass is 10.0. The number of hydrogen-bond donors (Lipinski definition) is 1. The first-order valence-corrected chi connectivity index (χ1v) is 5.90. The molecule has 1 saturated carbocycles. The predicted molar refractivity (Wildman–Crippen MR) is 61.2 cm³/mol. The van der Waals surface area contributed by atoms with Crippen LogP contribution in [0.15, 0.2) is 22.7 Å². The van der Waals surface area contributed by atoms with Crippen molar-refractivity contribution >= 4 is 15.9 Å². The van der Waals surface area contributed by atoms with E-state index in [0.717, 1.165) is 22.4 Å². The molecule has 76 valence electrons. The monoisotopic (exact) mass is 254 g/mol. The standard InChI is InChI=1S/C12H15BrO/c1-8-2-5-10(7-11(8)13)12(14)6-9-3-4-9/h2,5,7,9,12,14H,3-4,6H2,1H3. The van der Waals surface area contributed by atoms with Crippen molar-refractivity contribution in [2.75, 3.05) is 0 Å². The maximum Gasteiger partial charge on any atom is 0.0793 e. The van der Waals surface area contributed by atoms with Crippen LogP contribution in [-0.4, -0.2) is 5.11 Å². The van der Waals surface area contributed by atoms with Gasteiger partial charge in [-0.2, -0.15) is 0 Å². The summed E-state index contributed by atoms with van der Waals surface area (Å²) >= 11 is 3.49. The third kappa shape index (κ3) is 2.37. The Bertz CT molecular complexity index is 331. The summed E-state index contributed by atoms with van der Waals surface area (Å²) < 4.78 is 1.09. The van der Waals surface area contributed by atoms with Crippen LogP contribution < -0.4 is 0 Å². The number of aliphatic hydroxyl groups is 1. The molecule has 2 heteroatoms. The number of halogens is 1. The Morgan fingerprint density at radius 3 is 2.79 bits per heavy atom. The van der Waals surface area contributed by atoms with Gasteiger partial charge >= 0.3 is 0 Å². The SMILES string of the molecule is Cc1ccc(C(O)CC2CC2)cc1Br. The highest BCUT2D eigenvalue weighted by molar-refractivity contribution is 9.10. The van der Waals surface area contributed by atoms with Crippen molar-refractivity contribution in [1.29, 1.82) is 0 Å². The molecule has 0 radical (unpaired) electrons. The molecule has 1 aliphatic rings. The molecule has 0 bridgehead atoms. The molecule has 1 N–H and O–H groups in total. The van der Waals surface area contributed by atoms with Crippen molar-refractivity contribution in [3.8, 4) is 0 Å². The molecule has 1 unspecified atom stereocenters. The largest absolute Gasteiger partial charge is 0.388 e. The Balaban J connectivity index is 2.10. The molecule has 1 nitrogen and oxygen atoms in total. The van der Waals surface area contributed by atoms with Gasteiger partial charge in [-0.15, -0.1) is 0 Å². The summed E-state index contributed by atoms with van der Waals surface area (Å²) in [5.41, 5.74) is 2.25. The van der Waals surface area contributed by atoms with Gasteiger partial charge < -0.3 is 5.11 Å². The molecule has 0 aromatic heterocycles. The maximum absolute atomic E-state index is 9.93. The Kier molecular flexibility index (Phi) is 2.93. The Labute approximate surface area is 93.3 Å². The molecule has 0 saturated heterocycles. The van der Waals surface area contributed by atoms with E-state index in [1.54, 1.807) is 0 Å². The third-order valence-electron chi connectivity index (χ3n) is 2.83. The molecular formula is C12H15BrO. The quantitative estimate of drug-likeness (QED) is 0.875. The molecule has 0 heterocycles. The summed E-state index contributed by atoms with van der Waals surface area (Å²) in [5.74, 6) is 0.769. The lowest BCUT2D eigenvalue weighted by Crippen LogP contribution is -1.98.